The van der Waals surface area contributed by atoms with Crippen molar-refractivity contribution in [3.8, 4) is 11.1 Å². The number of pyridine rings is 1. The zero-order valence-electron chi connectivity index (χ0n) is 16.1. The molecule has 1 aliphatic carbocycles. The number of ether oxygens (including phenoxy) is 1. The number of nitrogens with one attached hydrogen (secondary N) is 1. The molecule has 0 saturated heterocycles. The fraction of sp³-hybridized carbons (Fsp3) is 0.167. The lowest BCUT2D eigenvalue weighted by Gasteiger charge is -2.14. The van der Waals surface area contributed by atoms with Crippen molar-refractivity contribution in [3.05, 3.63) is 95.3 Å². The van der Waals surface area contributed by atoms with Crippen LogP contribution in [0.3, 0.4) is 0 Å². The molecule has 1 N–H and O–H groups in total. The molecule has 0 fully saturated rings. The van der Waals surface area contributed by atoms with Gasteiger partial charge in [-0.1, -0.05) is 60.7 Å². The molecule has 4 nitrogen and oxygen atoms in total. The van der Waals surface area contributed by atoms with Crippen LogP contribution in [0.5, 0.6) is 0 Å². The average Bonchev–Trinajstić information content (AvgIpc) is 3.05. The van der Waals surface area contributed by atoms with Crippen molar-refractivity contribution >= 4 is 12.2 Å². The smallest absolute Gasteiger partial charge is 0.407 e. The Hall–Kier alpha value is -3.54. The third kappa shape index (κ3) is 4.38. The molecule has 3 aromatic rings. The Balaban J connectivity index is 1.28. The lowest BCUT2D eigenvalue weighted by molar-refractivity contribution is 0.143. The second-order valence-corrected chi connectivity index (χ2v) is 6.99. The number of benzene rings is 2. The Morgan fingerprint density at radius 2 is 1.60 bits per heavy atom. The van der Waals surface area contributed by atoms with Crippen LogP contribution >= 0.6 is 0 Å². The summed E-state index contributed by atoms with van der Waals surface area (Å²) in [5, 5.41) is 2.69. The van der Waals surface area contributed by atoms with Gasteiger partial charge in [-0.15, -0.1) is 0 Å². The number of alkyl carbamates (subject to hydrolysis) is 1. The topological polar surface area (TPSA) is 51.2 Å². The van der Waals surface area contributed by atoms with Crippen molar-refractivity contribution in [2.75, 3.05) is 13.2 Å². The molecule has 1 aliphatic rings. The molecule has 1 amide bonds. The molecule has 6 heteroatoms. The third-order valence-corrected chi connectivity index (χ3v) is 5.02. The van der Waals surface area contributed by atoms with Gasteiger partial charge in [0.2, 0.25) is 11.9 Å². The Morgan fingerprint density at radius 1 is 1.00 bits per heavy atom. The fourth-order valence-electron chi connectivity index (χ4n) is 3.71. The Labute approximate surface area is 173 Å². The van der Waals surface area contributed by atoms with Gasteiger partial charge in [0.05, 0.1) is 0 Å². The van der Waals surface area contributed by atoms with Gasteiger partial charge >= 0.3 is 6.09 Å². The summed E-state index contributed by atoms with van der Waals surface area (Å²) in [5.41, 5.74) is 5.05. The first kappa shape index (κ1) is 19.8. The van der Waals surface area contributed by atoms with Gasteiger partial charge < -0.3 is 10.1 Å². The number of carbonyl (C=O) groups is 1. The van der Waals surface area contributed by atoms with Gasteiger partial charge in [-0.3, -0.25) is 0 Å². The number of rotatable bonds is 6. The highest BCUT2D eigenvalue weighted by Gasteiger charge is 2.28. The van der Waals surface area contributed by atoms with Crippen molar-refractivity contribution in [2.24, 2.45) is 0 Å². The van der Waals surface area contributed by atoms with Crippen molar-refractivity contribution < 1.29 is 18.3 Å². The molecule has 0 aliphatic heterocycles. The normalized spacial score (nSPS) is 12.6. The standard InChI is InChI=1S/C24H20F2N2O2/c25-22-13-16(14-23(26)28-22)7-5-6-12-27-24(29)30-15-21-19-10-3-1-8-17(19)18-9-2-4-11-20(18)21/h1-5,7-11,13-14,21H,6,12,15H2,(H,27,29). The monoisotopic (exact) mass is 406 g/mol. The third-order valence-electron chi connectivity index (χ3n) is 5.02. The zero-order chi connectivity index (χ0) is 20.9. The summed E-state index contributed by atoms with van der Waals surface area (Å²) in [5.74, 6) is -1.72. The molecular weight excluding hydrogens is 386 g/mol. The van der Waals surface area contributed by atoms with E-state index in [0.717, 1.165) is 23.3 Å². The first-order valence-corrected chi connectivity index (χ1v) is 9.70. The largest absolute Gasteiger partial charge is 0.449 e. The second kappa shape index (κ2) is 8.86. The highest BCUT2D eigenvalue weighted by Crippen LogP contribution is 2.44. The number of amides is 1. The van der Waals surface area contributed by atoms with Crippen LogP contribution in [0, 0.1) is 11.9 Å². The summed E-state index contributed by atoms with van der Waals surface area (Å²) < 4.78 is 31.6. The lowest BCUT2D eigenvalue weighted by Crippen LogP contribution is -2.26. The van der Waals surface area contributed by atoms with E-state index in [9.17, 15) is 13.6 Å². The summed E-state index contributed by atoms with van der Waals surface area (Å²) in [6.45, 7) is 0.606. The van der Waals surface area contributed by atoms with E-state index in [2.05, 4.69) is 34.6 Å². The maximum atomic E-state index is 13.0. The van der Waals surface area contributed by atoms with Crippen LogP contribution in [-0.4, -0.2) is 24.2 Å². The molecule has 0 spiro atoms. The van der Waals surface area contributed by atoms with Crippen LogP contribution in [0.2, 0.25) is 0 Å². The van der Waals surface area contributed by atoms with Crippen molar-refractivity contribution in [2.45, 2.75) is 12.3 Å². The number of nitrogens with zero attached hydrogens (tertiary/aromatic N) is 1. The molecule has 30 heavy (non-hydrogen) atoms. The van der Waals surface area contributed by atoms with E-state index in [-0.39, 0.29) is 12.5 Å². The number of hydrogen-bond donors (Lipinski definition) is 1. The lowest BCUT2D eigenvalue weighted by atomic mass is 9.98. The van der Waals surface area contributed by atoms with E-state index in [0.29, 0.717) is 18.5 Å². The van der Waals surface area contributed by atoms with E-state index in [4.69, 9.17) is 4.74 Å². The molecule has 0 bridgehead atoms. The summed E-state index contributed by atoms with van der Waals surface area (Å²) in [7, 11) is 0. The SMILES string of the molecule is O=C(NCCC=Cc1cc(F)nc(F)c1)OCC1c2ccccc2-c2ccccc21. The highest BCUT2D eigenvalue weighted by atomic mass is 19.1. The van der Waals surface area contributed by atoms with Crippen LogP contribution in [0.4, 0.5) is 13.6 Å². The average molecular weight is 406 g/mol. The van der Waals surface area contributed by atoms with Gasteiger partial charge in [0.1, 0.15) is 6.61 Å². The molecule has 1 aromatic heterocycles. The maximum Gasteiger partial charge on any atom is 0.407 e. The molecule has 4 rings (SSSR count). The van der Waals surface area contributed by atoms with Crippen LogP contribution in [0.25, 0.3) is 17.2 Å². The summed E-state index contributed by atoms with van der Waals surface area (Å²) >= 11 is 0. The Kier molecular flexibility index (Phi) is 5.84. The first-order chi connectivity index (χ1) is 14.6. The van der Waals surface area contributed by atoms with Gasteiger partial charge in [0.25, 0.3) is 0 Å². The van der Waals surface area contributed by atoms with Crippen LogP contribution < -0.4 is 5.32 Å². The molecule has 0 saturated carbocycles. The molecule has 0 unspecified atom stereocenters. The van der Waals surface area contributed by atoms with Crippen molar-refractivity contribution in [1.82, 2.24) is 10.3 Å². The molecule has 2 aromatic carbocycles. The number of fused-ring (bicyclic) bond motifs is 3. The van der Waals surface area contributed by atoms with Gasteiger partial charge in [-0.2, -0.15) is 13.8 Å². The van der Waals surface area contributed by atoms with Gasteiger partial charge in [0.15, 0.2) is 0 Å². The number of carbonyl (C=O) groups excluding carboxylic acids is 1. The summed E-state index contributed by atoms with van der Waals surface area (Å²) in [4.78, 5) is 15.1. The molecule has 0 atom stereocenters. The quantitative estimate of drug-likeness (QED) is 0.446. The van der Waals surface area contributed by atoms with Crippen molar-refractivity contribution in [1.29, 1.82) is 0 Å². The van der Waals surface area contributed by atoms with E-state index in [1.807, 2.05) is 24.3 Å². The number of aromatic nitrogens is 1. The van der Waals surface area contributed by atoms with E-state index in [1.165, 1.54) is 11.1 Å². The van der Waals surface area contributed by atoms with Gasteiger partial charge in [-0.05, 0) is 34.2 Å². The van der Waals surface area contributed by atoms with E-state index < -0.39 is 18.0 Å². The van der Waals surface area contributed by atoms with Crippen LogP contribution in [0.15, 0.2) is 66.7 Å². The van der Waals surface area contributed by atoms with Gasteiger partial charge in [0, 0.05) is 24.6 Å². The summed E-state index contributed by atoms with van der Waals surface area (Å²) in [6, 6.07) is 18.6. The molecule has 152 valence electrons. The fourth-order valence-corrected chi connectivity index (χ4v) is 3.71. The maximum absolute atomic E-state index is 13.0. The Bertz CT molecular complexity index is 1030. The van der Waals surface area contributed by atoms with Crippen LogP contribution in [-0.2, 0) is 4.74 Å². The predicted octanol–water partition coefficient (Wildman–Crippen LogP) is 5.30. The molecule has 0 radical (unpaired) electrons. The zero-order valence-corrected chi connectivity index (χ0v) is 16.1. The Morgan fingerprint density at radius 3 is 2.23 bits per heavy atom. The summed E-state index contributed by atoms with van der Waals surface area (Å²) in [6.07, 6.45) is 3.30. The van der Waals surface area contributed by atoms with Crippen molar-refractivity contribution in [3.63, 3.8) is 0 Å². The van der Waals surface area contributed by atoms with Gasteiger partial charge in [-0.25, -0.2) is 4.79 Å². The number of hydrogen-bond acceptors (Lipinski definition) is 3. The molecule has 1 heterocycles. The second-order valence-electron chi connectivity index (χ2n) is 6.99. The minimum atomic E-state index is -0.869. The first-order valence-electron chi connectivity index (χ1n) is 9.70. The van der Waals surface area contributed by atoms with E-state index in [1.54, 1.807) is 12.2 Å². The molecular formula is C24H20F2N2O2. The minimum absolute atomic E-state index is 0.0135. The number of halogens is 2. The minimum Gasteiger partial charge on any atom is -0.449 e. The van der Waals surface area contributed by atoms with E-state index >= 15 is 0 Å². The van der Waals surface area contributed by atoms with Crippen LogP contribution in [0.1, 0.15) is 29.0 Å². The predicted molar refractivity (Wildman–Crippen MR) is 111 cm³/mol. The highest BCUT2D eigenvalue weighted by molar-refractivity contribution is 5.79.